The summed E-state index contributed by atoms with van der Waals surface area (Å²) in [5, 5.41) is 18.4. The van der Waals surface area contributed by atoms with E-state index in [1.165, 1.54) is 186 Å². The van der Waals surface area contributed by atoms with Crippen LogP contribution in [0.3, 0.4) is 0 Å². The summed E-state index contributed by atoms with van der Waals surface area (Å²) in [5.41, 5.74) is 0. The zero-order valence-corrected chi connectivity index (χ0v) is 38.2. The molecule has 0 amide bonds. The molecule has 57 heavy (non-hydrogen) atoms. The van der Waals surface area contributed by atoms with Gasteiger partial charge >= 0.3 is 13.8 Å². The molecule has 0 aromatic carbocycles. The van der Waals surface area contributed by atoms with Crippen molar-refractivity contribution in [1.82, 2.24) is 0 Å². The third-order valence-corrected chi connectivity index (χ3v) is 11.7. The van der Waals surface area contributed by atoms with Crippen molar-refractivity contribution in [3.8, 4) is 0 Å². The van der Waals surface area contributed by atoms with Crippen molar-refractivity contribution in [3.05, 3.63) is 12.2 Å². The molecule has 340 valence electrons. The van der Waals surface area contributed by atoms with E-state index in [0.29, 0.717) is 6.61 Å². The van der Waals surface area contributed by atoms with Crippen LogP contribution < -0.4 is 0 Å². The molecule has 0 heterocycles. The number of hydrogen-bond donors (Lipinski definition) is 3. The number of carbonyl (C=O) groups is 1. The van der Waals surface area contributed by atoms with Crippen LogP contribution in [-0.4, -0.2) is 66.3 Å². The standard InChI is InChI=1S/C47H93O9P/c1-3-5-7-9-11-13-15-17-18-19-20-21-22-23-24-25-26-27-28-30-32-34-36-38-40-53-43-46(44-55-57(51,52)54-42-45(49)41-48)56-47(50)39-37-35-33-31-29-16-14-12-10-8-6-4-2/h19-20,45-46,48-49H,3-18,21-44H2,1-2H3,(H,51,52)/b20-19-. The third kappa shape index (κ3) is 44.6. The van der Waals surface area contributed by atoms with Crippen LogP contribution in [0.4, 0.5) is 0 Å². The molecule has 0 saturated carbocycles. The van der Waals surface area contributed by atoms with E-state index in [9.17, 15) is 19.4 Å². The predicted octanol–water partition coefficient (Wildman–Crippen LogP) is 13.7. The van der Waals surface area contributed by atoms with Gasteiger partial charge in [-0.3, -0.25) is 13.8 Å². The van der Waals surface area contributed by atoms with Crippen molar-refractivity contribution in [2.45, 2.75) is 251 Å². The summed E-state index contributed by atoms with van der Waals surface area (Å²) in [6, 6.07) is 0. The van der Waals surface area contributed by atoms with E-state index < -0.39 is 33.2 Å². The molecular weight excluding hydrogens is 739 g/mol. The van der Waals surface area contributed by atoms with Crippen LogP contribution in [0.15, 0.2) is 12.2 Å². The van der Waals surface area contributed by atoms with Crippen LogP contribution >= 0.6 is 7.82 Å². The van der Waals surface area contributed by atoms with Crippen molar-refractivity contribution in [3.63, 3.8) is 0 Å². The Morgan fingerprint density at radius 3 is 1.32 bits per heavy atom. The van der Waals surface area contributed by atoms with Gasteiger partial charge in [0.15, 0.2) is 0 Å². The van der Waals surface area contributed by atoms with Gasteiger partial charge in [-0.2, -0.15) is 0 Å². The van der Waals surface area contributed by atoms with Gasteiger partial charge in [0.25, 0.3) is 0 Å². The average Bonchev–Trinajstić information content (AvgIpc) is 3.20. The lowest BCUT2D eigenvalue weighted by Crippen LogP contribution is -2.29. The highest BCUT2D eigenvalue weighted by molar-refractivity contribution is 7.47. The Hall–Kier alpha value is -0.800. The number of phosphoric ester groups is 1. The highest BCUT2D eigenvalue weighted by Gasteiger charge is 2.26. The summed E-state index contributed by atoms with van der Waals surface area (Å²) in [6.45, 7) is 3.56. The highest BCUT2D eigenvalue weighted by Crippen LogP contribution is 2.43. The van der Waals surface area contributed by atoms with Crippen LogP contribution in [0.1, 0.15) is 239 Å². The Kier molecular flexibility index (Phi) is 44.1. The maximum Gasteiger partial charge on any atom is 0.472 e. The van der Waals surface area contributed by atoms with E-state index in [0.717, 1.165) is 32.1 Å². The smallest absolute Gasteiger partial charge is 0.457 e. The average molecular weight is 833 g/mol. The largest absolute Gasteiger partial charge is 0.472 e. The summed E-state index contributed by atoms with van der Waals surface area (Å²) in [7, 11) is -4.51. The molecule has 3 unspecified atom stereocenters. The molecular formula is C47H93O9P. The lowest BCUT2D eigenvalue weighted by Gasteiger charge is -2.20. The summed E-state index contributed by atoms with van der Waals surface area (Å²) in [5.74, 6) is -0.379. The van der Waals surface area contributed by atoms with Gasteiger partial charge in [-0.05, 0) is 38.5 Å². The van der Waals surface area contributed by atoms with Gasteiger partial charge in [0.1, 0.15) is 12.2 Å². The van der Waals surface area contributed by atoms with Gasteiger partial charge in [0, 0.05) is 13.0 Å². The Labute approximate surface area is 351 Å². The topological polar surface area (TPSA) is 132 Å². The number of phosphoric acid groups is 1. The molecule has 0 aromatic rings. The molecule has 0 aliphatic rings. The molecule has 0 fully saturated rings. The SMILES string of the molecule is CCCCCCCCCC/C=C\CCCCCCCCCCCCCCOCC(COP(=O)(O)OCC(O)CO)OC(=O)CCCCCCCCCCCCCC. The monoisotopic (exact) mass is 833 g/mol. The zero-order valence-electron chi connectivity index (χ0n) is 37.3. The van der Waals surface area contributed by atoms with Crippen molar-refractivity contribution < 1.29 is 43.0 Å². The summed E-state index contributed by atoms with van der Waals surface area (Å²) in [4.78, 5) is 22.6. The molecule has 3 N–H and O–H groups in total. The van der Waals surface area contributed by atoms with E-state index in [1.807, 2.05) is 0 Å². The fourth-order valence-electron chi connectivity index (χ4n) is 7.00. The van der Waals surface area contributed by atoms with Crippen molar-refractivity contribution in [2.75, 3.05) is 33.0 Å². The second-order valence-corrected chi connectivity index (χ2v) is 17.9. The number of aliphatic hydroxyl groups is 2. The minimum absolute atomic E-state index is 0.0551. The molecule has 0 aromatic heterocycles. The van der Waals surface area contributed by atoms with Crippen molar-refractivity contribution in [1.29, 1.82) is 0 Å². The van der Waals surface area contributed by atoms with Gasteiger partial charge in [0.2, 0.25) is 0 Å². The summed E-state index contributed by atoms with van der Waals surface area (Å²) >= 11 is 0. The molecule has 0 spiro atoms. The van der Waals surface area contributed by atoms with Gasteiger partial charge in [-0.1, -0.05) is 206 Å². The third-order valence-electron chi connectivity index (χ3n) is 10.7. The lowest BCUT2D eigenvalue weighted by molar-refractivity contribution is -0.154. The first kappa shape index (κ1) is 56.2. The molecule has 0 rings (SSSR count). The van der Waals surface area contributed by atoms with Gasteiger partial charge in [-0.15, -0.1) is 0 Å². The molecule has 0 radical (unpaired) electrons. The molecule has 9 nitrogen and oxygen atoms in total. The number of hydrogen-bond acceptors (Lipinski definition) is 8. The van der Waals surface area contributed by atoms with Gasteiger partial charge < -0.3 is 24.6 Å². The van der Waals surface area contributed by atoms with E-state index in [2.05, 4.69) is 26.0 Å². The van der Waals surface area contributed by atoms with E-state index in [1.54, 1.807) is 0 Å². The molecule has 0 bridgehead atoms. The number of allylic oxidation sites excluding steroid dienone is 2. The molecule has 0 saturated heterocycles. The Morgan fingerprint density at radius 2 is 0.895 bits per heavy atom. The first-order valence-corrected chi connectivity index (χ1v) is 25.7. The first-order chi connectivity index (χ1) is 27.8. The number of rotatable bonds is 47. The van der Waals surface area contributed by atoms with E-state index in [-0.39, 0.29) is 25.6 Å². The van der Waals surface area contributed by atoms with Crippen molar-refractivity contribution >= 4 is 13.8 Å². The second-order valence-electron chi connectivity index (χ2n) is 16.5. The minimum atomic E-state index is -4.51. The Morgan fingerprint density at radius 1 is 0.526 bits per heavy atom. The van der Waals surface area contributed by atoms with Gasteiger partial charge in [0.05, 0.1) is 26.4 Å². The van der Waals surface area contributed by atoms with Crippen LogP contribution in [-0.2, 0) is 27.9 Å². The predicted molar refractivity (Wildman–Crippen MR) is 238 cm³/mol. The number of ether oxygens (including phenoxy) is 2. The van der Waals surface area contributed by atoms with E-state index >= 15 is 0 Å². The maximum absolute atomic E-state index is 12.6. The fraction of sp³-hybridized carbons (Fsp3) is 0.936. The highest BCUT2D eigenvalue weighted by atomic mass is 31.2. The van der Waals surface area contributed by atoms with Gasteiger partial charge in [-0.25, -0.2) is 4.57 Å². The minimum Gasteiger partial charge on any atom is -0.457 e. The van der Waals surface area contributed by atoms with Crippen LogP contribution in [0.5, 0.6) is 0 Å². The van der Waals surface area contributed by atoms with Crippen LogP contribution in [0.25, 0.3) is 0 Å². The fourth-order valence-corrected chi connectivity index (χ4v) is 7.79. The number of unbranched alkanes of at least 4 members (excludes halogenated alkanes) is 31. The lowest BCUT2D eigenvalue weighted by atomic mass is 10.0. The Bertz CT molecular complexity index is 902. The van der Waals surface area contributed by atoms with Crippen molar-refractivity contribution in [2.24, 2.45) is 0 Å². The summed E-state index contributed by atoms with van der Waals surface area (Å²) < 4.78 is 33.4. The van der Waals surface area contributed by atoms with E-state index in [4.69, 9.17) is 23.6 Å². The maximum atomic E-state index is 12.6. The summed E-state index contributed by atoms with van der Waals surface area (Å²) in [6.07, 6.45) is 46.1. The number of esters is 1. The van der Waals surface area contributed by atoms with Crippen LogP contribution in [0.2, 0.25) is 0 Å². The molecule has 10 heteroatoms. The number of carbonyl (C=O) groups excluding carboxylic acids is 1. The number of aliphatic hydroxyl groups excluding tert-OH is 2. The Balaban J connectivity index is 3.98. The quantitative estimate of drug-likeness (QED) is 0.0237. The molecule has 3 atom stereocenters. The first-order valence-electron chi connectivity index (χ1n) is 24.2. The second kappa shape index (κ2) is 44.7. The normalized spacial score (nSPS) is 14.0. The molecule has 0 aliphatic carbocycles. The zero-order chi connectivity index (χ0) is 41.8. The van der Waals surface area contributed by atoms with Crippen LogP contribution in [0, 0.1) is 0 Å². The molecule has 0 aliphatic heterocycles.